The van der Waals surface area contributed by atoms with Gasteiger partial charge < -0.3 is 5.11 Å². The van der Waals surface area contributed by atoms with Crippen molar-refractivity contribution in [1.82, 2.24) is 4.98 Å². The third-order valence-electron chi connectivity index (χ3n) is 2.30. The second-order valence-corrected chi connectivity index (χ2v) is 6.71. The van der Waals surface area contributed by atoms with Gasteiger partial charge in [-0.25, -0.2) is 13.4 Å². The average Bonchev–Trinajstić information content (AvgIpc) is 2.73. The van der Waals surface area contributed by atoms with Crippen LogP contribution in [0.4, 0.5) is 10.8 Å². The van der Waals surface area contributed by atoms with E-state index in [9.17, 15) is 23.6 Å². The molecule has 20 heavy (non-hydrogen) atoms. The van der Waals surface area contributed by atoms with Crippen LogP contribution < -0.4 is 4.72 Å². The Morgan fingerprint density at radius 1 is 1.45 bits per heavy atom. The molecule has 0 spiro atoms. The first-order valence-electron chi connectivity index (χ1n) is 5.22. The summed E-state index contributed by atoms with van der Waals surface area (Å²) in [5, 5.41) is 20.1. The minimum absolute atomic E-state index is 0.165. The topological polar surface area (TPSA) is 122 Å². The average molecular weight is 315 g/mol. The highest BCUT2D eigenvalue weighted by molar-refractivity contribution is 7.93. The Bertz CT molecular complexity index is 769. The number of anilines is 1. The molecule has 10 heteroatoms. The Balaban J connectivity index is 2.39. The molecule has 0 bridgehead atoms. The standard InChI is InChI=1S/C10H9N3O5S2/c1-6-5-11-10(19-6)12-20(17,18)7-2-3-9(14)8(4-7)13(15)16/h2-5,14H,1H3,(H,11,12). The van der Waals surface area contributed by atoms with E-state index in [1.807, 2.05) is 0 Å². The fraction of sp³-hybridized carbons (Fsp3) is 0.100. The maximum Gasteiger partial charge on any atom is 0.312 e. The number of aromatic nitrogens is 1. The molecule has 2 N–H and O–H groups in total. The number of nitro groups is 1. The normalized spacial score (nSPS) is 11.2. The molecule has 0 saturated carbocycles. The lowest BCUT2D eigenvalue weighted by molar-refractivity contribution is -0.386. The molecule has 0 aliphatic heterocycles. The van der Waals surface area contributed by atoms with E-state index in [1.165, 1.54) is 6.20 Å². The van der Waals surface area contributed by atoms with Crippen molar-refractivity contribution < 1.29 is 18.4 Å². The second kappa shape index (κ2) is 5.06. The van der Waals surface area contributed by atoms with E-state index in [-0.39, 0.29) is 10.0 Å². The lowest BCUT2D eigenvalue weighted by atomic mass is 10.3. The van der Waals surface area contributed by atoms with Gasteiger partial charge in [0.2, 0.25) is 0 Å². The van der Waals surface area contributed by atoms with Crippen molar-refractivity contribution in [3.63, 3.8) is 0 Å². The summed E-state index contributed by atoms with van der Waals surface area (Å²) in [7, 11) is -3.99. The molecule has 0 saturated heterocycles. The summed E-state index contributed by atoms with van der Waals surface area (Å²) in [5.74, 6) is -0.598. The van der Waals surface area contributed by atoms with E-state index in [0.29, 0.717) is 0 Å². The molecule has 1 aromatic carbocycles. The number of sulfonamides is 1. The van der Waals surface area contributed by atoms with Crippen LogP contribution in [0.5, 0.6) is 5.75 Å². The van der Waals surface area contributed by atoms with Gasteiger partial charge >= 0.3 is 5.69 Å². The van der Waals surface area contributed by atoms with Crippen molar-refractivity contribution >= 4 is 32.2 Å². The summed E-state index contributed by atoms with van der Waals surface area (Å²) in [6, 6.07) is 2.82. The molecular weight excluding hydrogens is 306 g/mol. The van der Waals surface area contributed by atoms with E-state index in [4.69, 9.17) is 0 Å². The van der Waals surface area contributed by atoms with Gasteiger partial charge in [0.05, 0.1) is 9.82 Å². The molecular formula is C10H9N3O5S2. The summed E-state index contributed by atoms with van der Waals surface area (Å²) < 4.78 is 26.3. The molecule has 0 aliphatic rings. The molecule has 0 fully saturated rings. The Kier molecular flexibility index (Phi) is 3.59. The van der Waals surface area contributed by atoms with E-state index in [0.717, 1.165) is 34.4 Å². The van der Waals surface area contributed by atoms with Crippen LogP contribution in [0.3, 0.4) is 0 Å². The number of nitrogens with zero attached hydrogens (tertiary/aromatic N) is 2. The predicted octanol–water partition coefficient (Wildman–Crippen LogP) is 1.87. The largest absolute Gasteiger partial charge is 0.502 e. The van der Waals surface area contributed by atoms with Gasteiger partial charge in [0.1, 0.15) is 0 Å². The lowest BCUT2D eigenvalue weighted by Gasteiger charge is -2.05. The maximum atomic E-state index is 12.0. The number of phenols is 1. The Hall–Kier alpha value is -2.20. The highest BCUT2D eigenvalue weighted by Gasteiger charge is 2.22. The van der Waals surface area contributed by atoms with Gasteiger partial charge in [-0.15, -0.1) is 11.3 Å². The monoisotopic (exact) mass is 315 g/mol. The first-order chi connectivity index (χ1) is 9.29. The molecule has 0 amide bonds. The van der Waals surface area contributed by atoms with Crippen LogP contribution in [0.2, 0.25) is 0 Å². The van der Waals surface area contributed by atoms with Gasteiger partial charge in [-0.1, -0.05) is 0 Å². The SMILES string of the molecule is Cc1cnc(NS(=O)(=O)c2ccc(O)c([N+](=O)[O-])c2)s1. The van der Waals surface area contributed by atoms with Crippen molar-refractivity contribution in [2.75, 3.05) is 4.72 Å². The van der Waals surface area contributed by atoms with Crippen LogP contribution in [-0.4, -0.2) is 23.4 Å². The number of aromatic hydroxyl groups is 1. The highest BCUT2D eigenvalue weighted by atomic mass is 32.2. The number of nitrogens with one attached hydrogen (secondary N) is 1. The summed E-state index contributed by atoms with van der Waals surface area (Å²) in [6.45, 7) is 1.76. The zero-order chi connectivity index (χ0) is 14.9. The van der Waals surface area contributed by atoms with Crippen LogP contribution in [0, 0.1) is 17.0 Å². The zero-order valence-corrected chi connectivity index (χ0v) is 11.7. The van der Waals surface area contributed by atoms with Gasteiger partial charge in [0.25, 0.3) is 10.0 Å². The molecule has 8 nitrogen and oxygen atoms in total. The Morgan fingerprint density at radius 2 is 2.15 bits per heavy atom. The number of thiazole rings is 1. The van der Waals surface area contributed by atoms with Gasteiger partial charge in [-0.05, 0) is 19.1 Å². The first-order valence-corrected chi connectivity index (χ1v) is 7.52. The number of nitro benzene ring substituents is 1. The number of hydrogen-bond donors (Lipinski definition) is 2. The van der Waals surface area contributed by atoms with Crippen molar-refractivity contribution in [2.24, 2.45) is 0 Å². The van der Waals surface area contributed by atoms with Crippen molar-refractivity contribution in [2.45, 2.75) is 11.8 Å². The van der Waals surface area contributed by atoms with Gasteiger partial charge in [0.15, 0.2) is 10.9 Å². The second-order valence-electron chi connectivity index (χ2n) is 3.79. The summed E-state index contributed by atoms with van der Waals surface area (Å²) in [5.41, 5.74) is -0.678. The first kappa shape index (κ1) is 14.2. The maximum absolute atomic E-state index is 12.0. The van der Waals surface area contributed by atoms with E-state index in [1.54, 1.807) is 6.92 Å². The molecule has 0 unspecified atom stereocenters. The van der Waals surface area contributed by atoms with Gasteiger partial charge in [0, 0.05) is 17.1 Å². The summed E-state index contributed by atoms with van der Waals surface area (Å²) >= 11 is 1.14. The molecule has 106 valence electrons. The summed E-state index contributed by atoms with van der Waals surface area (Å²) in [4.78, 5) is 14.2. The van der Waals surface area contributed by atoms with E-state index < -0.39 is 26.4 Å². The Morgan fingerprint density at radius 3 is 2.70 bits per heavy atom. The summed E-state index contributed by atoms with van der Waals surface area (Å²) in [6.07, 6.45) is 1.50. The number of benzene rings is 1. The Labute approximate surface area is 117 Å². The van der Waals surface area contributed by atoms with Crippen LogP contribution in [0.15, 0.2) is 29.3 Å². The molecule has 0 radical (unpaired) electrons. The fourth-order valence-corrected chi connectivity index (χ4v) is 3.32. The quantitative estimate of drug-likeness (QED) is 0.656. The highest BCUT2D eigenvalue weighted by Crippen LogP contribution is 2.29. The third kappa shape index (κ3) is 2.86. The van der Waals surface area contributed by atoms with Crippen LogP contribution >= 0.6 is 11.3 Å². The fourth-order valence-electron chi connectivity index (χ4n) is 1.39. The van der Waals surface area contributed by atoms with E-state index >= 15 is 0 Å². The third-order valence-corrected chi connectivity index (χ3v) is 4.59. The van der Waals surface area contributed by atoms with E-state index in [2.05, 4.69) is 9.71 Å². The minimum Gasteiger partial charge on any atom is -0.502 e. The number of aryl methyl sites for hydroxylation is 1. The van der Waals surface area contributed by atoms with Crippen molar-refractivity contribution in [3.8, 4) is 5.75 Å². The molecule has 1 aromatic heterocycles. The number of phenolic OH excluding ortho intramolecular Hbond substituents is 1. The molecule has 0 atom stereocenters. The lowest BCUT2D eigenvalue weighted by Crippen LogP contribution is -2.12. The van der Waals surface area contributed by atoms with Gasteiger partial charge in [-0.2, -0.15) is 0 Å². The molecule has 1 heterocycles. The smallest absolute Gasteiger partial charge is 0.312 e. The molecule has 2 aromatic rings. The van der Waals surface area contributed by atoms with Crippen molar-refractivity contribution in [3.05, 3.63) is 39.4 Å². The minimum atomic E-state index is -3.99. The van der Waals surface area contributed by atoms with Crippen LogP contribution in [0.1, 0.15) is 4.88 Å². The zero-order valence-electron chi connectivity index (χ0n) is 10.1. The van der Waals surface area contributed by atoms with Crippen LogP contribution in [-0.2, 0) is 10.0 Å². The predicted molar refractivity (Wildman–Crippen MR) is 72.4 cm³/mol. The van der Waals surface area contributed by atoms with Gasteiger partial charge in [-0.3, -0.25) is 14.8 Å². The van der Waals surface area contributed by atoms with Crippen LogP contribution in [0.25, 0.3) is 0 Å². The van der Waals surface area contributed by atoms with Crippen molar-refractivity contribution in [1.29, 1.82) is 0 Å². The molecule has 2 rings (SSSR count). The number of rotatable bonds is 4. The number of hydrogen-bond acceptors (Lipinski definition) is 7. The molecule has 0 aliphatic carbocycles.